The maximum absolute atomic E-state index is 12.9. The zero-order valence-electron chi connectivity index (χ0n) is 13.9. The van der Waals surface area contributed by atoms with Gasteiger partial charge in [-0.2, -0.15) is 5.10 Å². The van der Waals surface area contributed by atoms with E-state index in [0.717, 1.165) is 23.4 Å². The lowest BCUT2D eigenvalue weighted by Crippen LogP contribution is -2.38. The summed E-state index contributed by atoms with van der Waals surface area (Å²) in [5, 5.41) is 14.0. The fourth-order valence-corrected chi connectivity index (χ4v) is 3.53. The monoisotopic (exact) mass is 348 g/mol. The second-order valence-electron chi connectivity index (χ2n) is 6.26. The number of carboxylic acid groups (broad SMARTS) is 1. The normalized spacial score (nSPS) is 15.3. The van der Waals surface area contributed by atoms with Crippen LogP contribution in [0.1, 0.15) is 35.1 Å². The highest BCUT2D eigenvalue weighted by Gasteiger charge is 2.36. The Morgan fingerprint density at radius 3 is 2.75 bits per heavy atom. The Hall–Kier alpha value is -2.22. The van der Waals surface area contributed by atoms with Crippen LogP contribution in [0.4, 0.5) is 0 Å². The van der Waals surface area contributed by atoms with Crippen LogP contribution in [0.3, 0.4) is 0 Å². The molecule has 1 saturated carbocycles. The first-order valence-corrected chi connectivity index (χ1v) is 8.68. The second-order valence-corrected chi connectivity index (χ2v) is 7.26. The van der Waals surface area contributed by atoms with Crippen molar-refractivity contribution in [2.45, 2.75) is 32.7 Å². The molecule has 1 aliphatic carbocycles. The van der Waals surface area contributed by atoms with Gasteiger partial charge in [0.25, 0.3) is 5.91 Å². The van der Waals surface area contributed by atoms with Crippen molar-refractivity contribution < 1.29 is 14.7 Å². The number of aryl methyl sites for hydroxylation is 2. The van der Waals surface area contributed by atoms with Gasteiger partial charge in [0.05, 0.1) is 17.8 Å². The van der Waals surface area contributed by atoms with Gasteiger partial charge in [0, 0.05) is 31.4 Å². The maximum atomic E-state index is 12.9. The van der Waals surface area contributed by atoms with Crippen molar-refractivity contribution in [2.75, 3.05) is 6.54 Å². The number of hydrogen-bond donors (Lipinski definition) is 1. The van der Waals surface area contributed by atoms with Crippen LogP contribution in [0, 0.1) is 12.8 Å². The predicted molar refractivity (Wildman–Crippen MR) is 89.9 cm³/mol. The maximum Gasteiger partial charge on any atom is 0.308 e. The van der Waals surface area contributed by atoms with Crippen LogP contribution in [-0.4, -0.2) is 49.2 Å². The molecule has 1 aliphatic rings. The quantitative estimate of drug-likeness (QED) is 0.864. The molecular weight excluding hydrogens is 328 g/mol. The lowest BCUT2D eigenvalue weighted by molar-refractivity contribution is -0.141. The molecule has 2 aromatic rings. The zero-order valence-corrected chi connectivity index (χ0v) is 14.7. The van der Waals surface area contributed by atoms with Gasteiger partial charge in [-0.25, -0.2) is 4.98 Å². The predicted octanol–water partition coefficient (Wildman–Crippen LogP) is 2.18. The van der Waals surface area contributed by atoms with Crippen molar-refractivity contribution in [1.29, 1.82) is 0 Å². The first-order valence-electron chi connectivity index (χ1n) is 7.87. The summed E-state index contributed by atoms with van der Waals surface area (Å²) in [6.07, 6.45) is 5.45. The highest BCUT2D eigenvalue weighted by Crippen LogP contribution is 2.33. The van der Waals surface area contributed by atoms with E-state index < -0.39 is 11.9 Å². The Bertz CT molecular complexity index is 778. The van der Waals surface area contributed by atoms with Gasteiger partial charge >= 0.3 is 5.97 Å². The second kappa shape index (κ2) is 6.35. The van der Waals surface area contributed by atoms with Gasteiger partial charge in [0.2, 0.25) is 0 Å². The van der Waals surface area contributed by atoms with E-state index in [-0.39, 0.29) is 18.5 Å². The van der Waals surface area contributed by atoms with E-state index in [9.17, 15) is 9.59 Å². The lowest BCUT2D eigenvalue weighted by Gasteiger charge is -2.23. The SMILES string of the molecule is Cc1nc(-c2cnn(C)c2)sc1C(=O)N(CC(C)C(=O)O)C1CC1. The molecule has 0 aliphatic heterocycles. The molecular formula is C16H20N4O3S. The highest BCUT2D eigenvalue weighted by molar-refractivity contribution is 7.17. The van der Waals surface area contributed by atoms with Crippen LogP contribution in [-0.2, 0) is 11.8 Å². The summed E-state index contributed by atoms with van der Waals surface area (Å²) in [7, 11) is 1.83. The van der Waals surface area contributed by atoms with Crippen LogP contribution >= 0.6 is 11.3 Å². The summed E-state index contributed by atoms with van der Waals surface area (Å²) in [6, 6.07) is 0.155. The van der Waals surface area contributed by atoms with E-state index in [1.807, 2.05) is 20.2 Å². The number of aromatic nitrogens is 3. The third kappa shape index (κ3) is 3.33. The standard InChI is InChI=1S/C16H20N4O3S/c1-9(16(22)23)7-20(12-4-5-12)15(21)13-10(2)18-14(24-13)11-6-17-19(3)8-11/h6,8-9,12H,4-5,7H2,1-3H3,(H,22,23). The van der Waals surface area contributed by atoms with Crippen molar-refractivity contribution in [2.24, 2.45) is 13.0 Å². The molecule has 0 saturated heterocycles. The largest absolute Gasteiger partial charge is 0.481 e. The minimum atomic E-state index is -0.884. The number of amides is 1. The van der Waals surface area contributed by atoms with Crippen molar-refractivity contribution in [3.05, 3.63) is 23.0 Å². The summed E-state index contributed by atoms with van der Waals surface area (Å²) in [4.78, 5) is 30.9. The first kappa shape index (κ1) is 16.6. The first-order chi connectivity index (χ1) is 11.4. The number of hydrogen-bond acceptors (Lipinski definition) is 5. The van der Waals surface area contributed by atoms with E-state index >= 15 is 0 Å². The Labute approximate surface area is 143 Å². The van der Waals surface area contributed by atoms with Crippen LogP contribution in [0.5, 0.6) is 0 Å². The zero-order chi connectivity index (χ0) is 17.4. The van der Waals surface area contributed by atoms with Crippen LogP contribution in [0.15, 0.2) is 12.4 Å². The molecule has 0 spiro atoms. The van der Waals surface area contributed by atoms with E-state index in [1.165, 1.54) is 11.3 Å². The summed E-state index contributed by atoms with van der Waals surface area (Å²) in [6.45, 7) is 3.68. The van der Waals surface area contributed by atoms with Crippen molar-refractivity contribution in [3.63, 3.8) is 0 Å². The number of carbonyl (C=O) groups excluding carboxylic acids is 1. The number of thiazole rings is 1. The van der Waals surface area contributed by atoms with E-state index in [0.29, 0.717) is 10.6 Å². The number of nitrogens with zero attached hydrogens (tertiary/aromatic N) is 4. The Morgan fingerprint density at radius 1 is 1.50 bits per heavy atom. The highest BCUT2D eigenvalue weighted by atomic mass is 32.1. The van der Waals surface area contributed by atoms with E-state index in [4.69, 9.17) is 5.11 Å². The number of rotatable bonds is 6. The lowest BCUT2D eigenvalue weighted by atomic mass is 10.1. The average molecular weight is 348 g/mol. The molecule has 1 atom stereocenters. The molecule has 128 valence electrons. The minimum absolute atomic E-state index is 0.115. The molecule has 2 aromatic heterocycles. The number of carboxylic acids is 1. The van der Waals surface area contributed by atoms with Gasteiger partial charge in [-0.05, 0) is 19.8 Å². The topological polar surface area (TPSA) is 88.3 Å². The van der Waals surface area contributed by atoms with Gasteiger partial charge in [-0.1, -0.05) is 6.92 Å². The fourth-order valence-electron chi connectivity index (χ4n) is 2.54. The van der Waals surface area contributed by atoms with E-state index in [2.05, 4.69) is 10.1 Å². The summed E-state index contributed by atoms with van der Waals surface area (Å²) >= 11 is 1.34. The molecule has 1 N–H and O–H groups in total. The molecule has 0 aromatic carbocycles. The van der Waals surface area contributed by atoms with E-state index in [1.54, 1.807) is 22.7 Å². The molecule has 2 heterocycles. The molecule has 24 heavy (non-hydrogen) atoms. The van der Waals surface area contributed by atoms with Crippen molar-refractivity contribution in [1.82, 2.24) is 19.7 Å². The third-order valence-electron chi connectivity index (χ3n) is 4.08. The van der Waals surface area contributed by atoms with Crippen LogP contribution < -0.4 is 0 Å². The molecule has 1 amide bonds. The number of aliphatic carboxylic acids is 1. The molecule has 0 bridgehead atoms. The minimum Gasteiger partial charge on any atom is -0.481 e. The third-order valence-corrected chi connectivity index (χ3v) is 5.28. The van der Waals surface area contributed by atoms with Gasteiger partial charge in [0.15, 0.2) is 0 Å². The van der Waals surface area contributed by atoms with Gasteiger partial charge < -0.3 is 10.0 Å². The van der Waals surface area contributed by atoms with Crippen molar-refractivity contribution in [3.8, 4) is 10.6 Å². The Kier molecular flexibility index (Phi) is 4.40. The van der Waals surface area contributed by atoms with Gasteiger partial charge in [-0.15, -0.1) is 11.3 Å². The molecule has 7 nitrogen and oxygen atoms in total. The van der Waals surface area contributed by atoms with Gasteiger partial charge in [0.1, 0.15) is 9.88 Å². The van der Waals surface area contributed by atoms with Crippen LogP contribution in [0.2, 0.25) is 0 Å². The molecule has 1 fully saturated rings. The summed E-state index contributed by atoms with van der Waals surface area (Å²) < 4.78 is 1.69. The Morgan fingerprint density at radius 2 is 2.21 bits per heavy atom. The molecule has 0 radical (unpaired) electrons. The molecule has 1 unspecified atom stereocenters. The summed E-state index contributed by atoms with van der Waals surface area (Å²) in [5.74, 6) is -1.58. The smallest absolute Gasteiger partial charge is 0.308 e. The van der Waals surface area contributed by atoms with Crippen molar-refractivity contribution >= 4 is 23.2 Å². The Balaban J connectivity index is 1.85. The average Bonchev–Trinajstić information content (AvgIpc) is 3.16. The summed E-state index contributed by atoms with van der Waals surface area (Å²) in [5.41, 5.74) is 1.55. The molecule has 3 rings (SSSR count). The molecule has 8 heteroatoms. The fraction of sp³-hybridized carbons (Fsp3) is 0.500. The number of carbonyl (C=O) groups is 2. The van der Waals surface area contributed by atoms with Gasteiger partial charge in [-0.3, -0.25) is 14.3 Å². The van der Waals surface area contributed by atoms with Crippen LogP contribution in [0.25, 0.3) is 10.6 Å².